The third-order valence-electron chi connectivity index (χ3n) is 1.89. The van der Waals surface area contributed by atoms with Crippen molar-refractivity contribution in [2.45, 2.75) is 33.3 Å². The fraction of sp³-hybridized carbons (Fsp3) is 0.778. The molecule has 0 aromatic carbocycles. The molecule has 0 amide bonds. The molecule has 0 aliphatic heterocycles. The van der Waals surface area contributed by atoms with Crippen LogP contribution in [0.25, 0.3) is 0 Å². The van der Waals surface area contributed by atoms with Gasteiger partial charge in [-0.3, -0.25) is 0 Å². The Hall–Kier alpha value is -0.680. The van der Waals surface area contributed by atoms with Gasteiger partial charge in [-0.25, -0.2) is 0 Å². The zero-order chi connectivity index (χ0) is 10.4. The molecule has 80 valence electrons. The van der Waals surface area contributed by atoms with Crippen LogP contribution in [0, 0.1) is 5.92 Å². The highest BCUT2D eigenvalue weighted by Crippen LogP contribution is 2.13. The summed E-state index contributed by atoms with van der Waals surface area (Å²) in [6.45, 7) is 5.68. The number of hydrogen-bond acceptors (Lipinski definition) is 5. The molecule has 14 heavy (non-hydrogen) atoms. The van der Waals surface area contributed by atoms with Crippen LogP contribution >= 0.6 is 11.5 Å². The first-order valence-corrected chi connectivity index (χ1v) is 5.62. The van der Waals surface area contributed by atoms with Crippen molar-refractivity contribution in [2.75, 3.05) is 12.3 Å². The Morgan fingerprint density at radius 2 is 2.29 bits per heavy atom. The van der Waals surface area contributed by atoms with Crippen LogP contribution in [0.3, 0.4) is 0 Å². The largest absolute Gasteiger partial charge is 0.388 e. The average molecular weight is 215 g/mol. The molecule has 0 aliphatic carbocycles. The lowest BCUT2D eigenvalue weighted by molar-refractivity contribution is 0.113. The molecular weight excluding hydrogens is 198 g/mol. The standard InChI is InChI=1S/C9H17N3OS/c1-7(2)4-3-5-13-6-8-9(10)14-12-11-8/h7H,3-6,10H2,1-2H3. The van der Waals surface area contributed by atoms with Crippen molar-refractivity contribution in [1.29, 1.82) is 0 Å². The van der Waals surface area contributed by atoms with E-state index in [1.807, 2.05) is 0 Å². The summed E-state index contributed by atoms with van der Waals surface area (Å²) in [6, 6.07) is 0. The van der Waals surface area contributed by atoms with Crippen LogP contribution in [-0.4, -0.2) is 16.2 Å². The van der Waals surface area contributed by atoms with Crippen molar-refractivity contribution in [2.24, 2.45) is 5.92 Å². The Balaban J connectivity index is 2.08. The van der Waals surface area contributed by atoms with Gasteiger partial charge in [0.2, 0.25) is 0 Å². The van der Waals surface area contributed by atoms with Gasteiger partial charge in [-0.1, -0.05) is 18.3 Å². The van der Waals surface area contributed by atoms with Gasteiger partial charge in [0, 0.05) is 18.1 Å². The predicted octanol–water partition coefficient (Wildman–Crippen LogP) is 2.07. The highest BCUT2D eigenvalue weighted by molar-refractivity contribution is 7.09. The van der Waals surface area contributed by atoms with Gasteiger partial charge in [-0.05, 0) is 18.8 Å². The van der Waals surface area contributed by atoms with Gasteiger partial charge >= 0.3 is 0 Å². The molecule has 0 bridgehead atoms. The first-order valence-electron chi connectivity index (χ1n) is 4.84. The molecule has 0 fully saturated rings. The second kappa shape index (κ2) is 5.93. The Labute approximate surface area is 88.6 Å². The van der Waals surface area contributed by atoms with Crippen molar-refractivity contribution in [3.8, 4) is 0 Å². The van der Waals surface area contributed by atoms with Crippen LogP contribution in [0.15, 0.2) is 0 Å². The number of hydrogen-bond donors (Lipinski definition) is 1. The van der Waals surface area contributed by atoms with Crippen molar-refractivity contribution < 1.29 is 4.74 Å². The van der Waals surface area contributed by atoms with Crippen molar-refractivity contribution in [3.05, 3.63) is 5.69 Å². The van der Waals surface area contributed by atoms with Crippen molar-refractivity contribution in [1.82, 2.24) is 9.59 Å². The van der Waals surface area contributed by atoms with Gasteiger partial charge in [0.05, 0.1) is 6.61 Å². The Bertz CT molecular complexity index is 262. The lowest BCUT2D eigenvalue weighted by atomic mass is 10.1. The maximum Gasteiger partial charge on any atom is 0.133 e. The number of aromatic nitrogens is 2. The van der Waals surface area contributed by atoms with Crippen LogP contribution in [0.4, 0.5) is 5.00 Å². The number of anilines is 1. The van der Waals surface area contributed by atoms with E-state index in [4.69, 9.17) is 10.5 Å². The van der Waals surface area contributed by atoms with E-state index in [1.165, 1.54) is 18.0 Å². The van der Waals surface area contributed by atoms with Gasteiger partial charge < -0.3 is 10.5 Å². The summed E-state index contributed by atoms with van der Waals surface area (Å²) >= 11 is 1.21. The minimum absolute atomic E-state index is 0.487. The van der Waals surface area contributed by atoms with Gasteiger partial charge in [0.15, 0.2) is 0 Å². The number of nitrogen functional groups attached to an aromatic ring is 1. The molecule has 0 spiro atoms. The molecule has 1 aromatic rings. The lowest BCUT2D eigenvalue weighted by Gasteiger charge is -2.04. The van der Waals surface area contributed by atoms with Gasteiger partial charge in [0.25, 0.3) is 0 Å². The van der Waals surface area contributed by atoms with E-state index in [0.717, 1.165) is 24.6 Å². The summed E-state index contributed by atoms with van der Waals surface area (Å²) in [7, 11) is 0. The molecular formula is C9H17N3OS. The topological polar surface area (TPSA) is 61.0 Å². The fourth-order valence-corrected chi connectivity index (χ4v) is 1.51. The monoisotopic (exact) mass is 215 g/mol. The normalized spacial score (nSPS) is 11.1. The van der Waals surface area contributed by atoms with E-state index in [-0.39, 0.29) is 0 Å². The van der Waals surface area contributed by atoms with Crippen molar-refractivity contribution >= 4 is 16.5 Å². The summed E-state index contributed by atoms with van der Waals surface area (Å²) in [5, 5.41) is 4.53. The van der Waals surface area contributed by atoms with Gasteiger partial charge in [0.1, 0.15) is 10.7 Å². The number of rotatable bonds is 6. The molecule has 0 aliphatic rings. The van der Waals surface area contributed by atoms with Crippen LogP contribution in [0.1, 0.15) is 32.4 Å². The second-order valence-corrected chi connectivity index (χ2v) is 4.46. The third-order valence-corrected chi connectivity index (χ3v) is 2.49. The van der Waals surface area contributed by atoms with E-state index in [1.54, 1.807) is 0 Å². The smallest absolute Gasteiger partial charge is 0.133 e. The highest BCUT2D eigenvalue weighted by Gasteiger charge is 2.03. The number of nitrogens with zero attached hydrogens (tertiary/aromatic N) is 2. The quantitative estimate of drug-likeness (QED) is 0.738. The molecule has 1 heterocycles. The van der Waals surface area contributed by atoms with Crippen LogP contribution in [-0.2, 0) is 11.3 Å². The molecule has 0 atom stereocenters. The van der Waals surface area contributed by atoms with Gasteiger partial charge in [-0.15, -0.1) is 5.10 Å². The van der Waals surface area contributed by atoms with Crippen molar-refractivity contribution in [3.63, 3.8) is 0 Å². The second-order valence-electron chi connectivity index (χ2n) is 3.67. The van der Waals surface area contributed by atoms with E-state index >= 15 is 0 Å². The average Bonchev–Trinajstić information content (AvgIpc) is 2.51. The zero-order valence-electron chi connectivity index (χ0n) is 8.69. The molecule has 2 N–H and O–H groups in total. The first-order chi connectivity index (χ1) is 6.70. The zero-order valence-corrected chi connectivity index (χ0v) is 9.51. The molecule has 5 heteroatoms. The summed E-state index contributed by atoms with van der Waals surface area (Å²) in [6.07, 6.45) is 2.29. The molecule has 0 saturated carbocycles. The summed E-state index contributed by atoms with van der Waals surface area (Å²) in [4.78, 5) is 0. The Morgan fingerprint density at radius 3 is 2.86 bits per heavy atom. The number of ether oxygens (including phenoxy) is 1. The Morgan fingerprint density at radius 1 is 1.50 bits per heavy atom. The fourth-order valence-electron chi connectivity index (χ4n) is 1.08. The summed E-state index contributed by atoms with van der Waals surface area (Å²) < 4.78 is 9.17. The van der Waals surface area contributed by atoms with E-state index in [9.17, 15) is 0 Å². The summed E-state index contributed by atoms with van der Waals surface area (Å²) in [5.74, 6) is 0.740. The van der Waals surface area contributed by atoms with Crippen LogP contribution in [0.2, 0.25) is 0 Å². The predicted molar refractivity (Wildman–Crippen MR) is 58.0 cm³/mol. The molecule has 1 aromatic heterocycles. The van der Waals surface area contributed by atoms with E-state index in [2.05, 4.69) is 23.4 Å². The first kappa shape index (κ1) is 11.4. The lowest BCUT2D eigenvalue weighted by Crippen LogP contribution is -2.00. The van der Waals surface area contributed by atoms with Crippen LogP contribution < -0.4 is 5.73 Å². The maximum atomic E-state index is 5.62. The highest BCUT2D eigenvalue weighted by atomic mass is 32.1. The Kier molecular flexibility index (Phi) is 4.82. The molecule has 0 unspecified atom stereocenters. The minimum atomic E-state index is 0.487. The maximum absolute atomic E-state index is 5.62. The molecule has 1 rings (SSSR count). The third kappa shape index (κ3) is 4.02. The minimum Gasteiger partial charge on any atom is -0.388 e. The van der Waals surface area contributed by atoms with Gasteiger partial charge in [-0.2, -0.15) is 0 Å². The molecule has 4 nitrogen and oxygen atoms in total. The van der Waals surface area contributed by atoms with E-state index in [0.29, 0.717) is 11.6 Å². The molecule has 0 saturated heterocycles. The number of nitrogens with two attached hydrogens (primary N) is 1. The summed E-state index contributed by atoms with van der Waals surface area (Å²) in [5.41, 5.74) is 6.38. The van der Waals surface area contributed by atoms with E-state index < -0.39 is 0 Å². The molecule has 0 radical (unpaired) electrons. The van der Waals surface area contributed by atoms with Crippen LogP contribution in [0.5, 0.6) is 0 Å². The SMILES string of the molecule is CC(C)CCCOCc1nnsc1N.